The van der Waals surface area contributed by atoms with Crippen molar-refractivity contribution in [1.82, 2.24) is 10.2 Å². The molecule has 1 amide bonds. The number of hydrogen-bond donors (Lipinski definition) is 3. The Labute approximate surface area is 108 Å². The van der Waals surface area contributed by atoms with E-state index in [2.05, 4.69) is 10.2 Å². The minimum Gasteiger partial charge on any atom is -0.481 e. The van der Waals surface area contributed by atoms with E-state index in [1.165, 1.54) is 6.92 Å². The third-order valence-corrected chi connectivity index (χ3v) is 3.23. The Morgan fingerprint density at radius 2 is 2.17 bits per heavy atom. The third-order valence-electron chi connectivity index (χ3n) is 3.23. The fourth-order valence-corrected chi connectivity index (χ4v) is 2.60. The first-order valence-electron chi connectivity index (χ1n) is 6.42. The van der Waals surface area contributed by atoms with Crippen molar-refractivity contribution in [1.29, 1.82) is 0 Å². The van der Waals surface area contributed by atoms with Crippen molar-refractivity contribution in [2.75, 3.05) is 26.2 Å². The van der Waals surface area contributed by atoms with E-state index in [1.54, 1.807) is 0 Å². The number of likely N-dealkylation sites (tertiary alicyclic amines) is 1. The molecule has 6 nitrogen and oxygen atoms in total. The van der Waals surface area contributed by atoms with Crippen LogP contribution in [0.3, 0.4) is 0 Å². The molecule has 0 bridgehead atoms. The van der Waals surface area contributed by atoms with Gasteiger partial charge in [-0.2, -0.15) is 0 Å². The summed E-state index contributed by atoms with van der Waals surface area (Å²) in [4.78, 5) is 23.9. The quantitative estimate of drug-likeness (QED) is 0.604. The molecule has 0 aromatic carbocycles. The van der Waals surface area contributed by atoms with Crippen molar-refractivity contribution in [2.45, 2.75) is 32.2 Å². The van der Waals surface area contributed by atoms with Crippen molar-refractivity contribution in [3.05, 3.63) is 0 Å². The molecule has 2 unspecified atom stereocenters. The van der Waals surface area contributed by atoms with Crippen molar-refractivity contribution >= 4 is 11.9 Å². The third kappa shape index (κ3) is 5.46. The number of hydrogen-bond acceptors (Lipinski definition) is 4. The number of nitrogens with two attached hydrogens (primary N) is 1. The van der Waals surface area contributed by atoms with Crippen LogP contribution in [0.2, 0.25) is 0 Å². The lowest BCUT2D eigenvalue weighted by Crippen LogP contribution is -2.51. The molecule has 4 N–H and O–H groups in total. The maximum Gasteiger partial charge on any atom is 0.303 e. The van der Waals surface area contributed by atoms with Crippen LogP contribution in [0.5, 0.6) is 0 Å². The largest absolute Gasteiger partial charge is 0.481 e. The fraction of sp³-hybridized carbons (Fsp3) is 0.833. The van der Waals surface area contributed by atoms with E-state index >= 15 is 0 Å². The minimum absolute atomic E-state index is 0.0356. The average molecular weight is 257 g/mol. The molecule has 0 aromatic heterocycles. The van der Waals surface area contributed by atoms with E-state index in [9.17, 15) is 9.59 Å². The first kappa shape index (κ1) is 14.9. The molecule has 1 aliphatic heterocycles. The SMILES string of the molecule is CC(=O)NC1CC(CCC(=O)O)CN(CCN)C1. The number of carboxylic acid groups (broad SMARTS) is 1. The number of carboxylic acids is 1. The van der Waals surface area contributed by atoms with Gasteiger partial charge in [0.05, 0.1) is 0 Å². The molecular weight excluding hydrogens is 234 g/mol. The number of piperidine rings is 1. The van der Waals surface area contributed by atoms with E-state index in [4.69, 9.17) is 10.8 Å². The number of amides is 1. The van der Waals surface area contributed by atoms with Crippen LogP contribution in [0.15, 0.2) is 0 Å². The summed E-state index contributed by atoms with van der Waals surface area (Å²) < 4.78 is 0. The Hall–Kier alpha value is -1.14. The zero-order valence-electron chi connectivity index (χ0n) is 10.9. The van der Waals surface area contributed by atoms with Gasteiger partial charge in [0.25, 0.3) is 0 Å². The fourth-order valence-electron chi connectivity index (χ4n) is 2.60. The Morgan fingerprint density at radius 1 is 1.44 bits per heavy atom. The van der Waals surface area contributed by atoms with Crippen LogP contribution in [0.1, 0.15) is 26.2 Å². The van der Waals surface area contributed by atoms with Crippen molar-refractivity contribution in [3.8, 4) is 0 Å². The van der Waals surface area contributed by atoms with Gasteiger partial charge in [-0.05, 0) is 18.8 Å². The van der Waals surface area contributed by atoms with Crippen LogP contribution in [-0.4, -0.2) is 54.1 Å². The lowest BCUT2D eigenvalue weighted by atomic mass is 9.90. The summed E-state index contributed by atoms with van der Waals surface area (Å²) >= 11 is 0. The highest BCUT2D eigenvalue weighted by Crippen LogP contribution is 2.21. The van der Waals surface area contributed by atoms with Gasteiger partial charge < -0.3 is 16.2 Å². The van der Waals surface area contributed by atoms with Crippen LogP contribution in [0, 0.1) is 5.92 Å². The van der Waals surface area contributed by atoms with Gasteiger partial charge >= 0.3 is 5.97 Å². The van der Waals surface area contributed by atoms with E-state index in [1.807, 2.05) is 0 Å². The average Bonchev–Trinajstić information content (AvgIpc) is 2.25. The molecule has 1 rings (SSSR count). The number of nitrogens with one attached hydrogen (secondary N) is 1. The van der Waals surface area contributed by atoms with Gasteiger partial charge in [0.2, 0.25) is 5.91 Å². The normalized spacial score (nSPS) is 24.8. The highest BCUT2D eigenvalue weighted by Gasteiger charge is 2.27. The first-order valence-corrected chi connectivity index (χ1v) is 6.42. The number of carbonyl (C=O) groups is 2. The van der Waals surface area contributed by atoms with E-state index in [-0.39, 0.29) is 18.4 Å². The molecule has 0 saturated carbocycles. The summed E-state index contributed by atoms with van der Waals surface area (Å²) in [6.45, 7) is 4.56. The van der Waals surface area contributed by atoms with Crippen molar-refractivity contribution in [2.24, 2.45) is 11.7 Å². The molecule has 1 fully saturated rings. The van der Waals surface area contributed by atoms with Gasteiger partial charge in [0, 0.05) is 45.6 Å². The zero-order chi connectivity index (χ0) is 13.5. The number of rotatable bonds is 6. The standard InChI is InChI=1S/C12H23N3O3/c1-9(16)14-11-6-10(2-3-12(17)18)7-15(8-11)5-4-13/h10-11H,2-8,13H2,1H3,(H,14,16)(H,17,18). The van der Waals surface area contributed by atoms with Crippen molar-refractivity contribution < 1.29 is 14.7 Å². The number of carbonyl (C=O) groups excluding carboxylic acids is 1. The molecule has 0 radical (unpaired) electrons. The summed E-state index contributed by atoms with van der Waals surface area (Å²) in [5.74, 6) is -0.480. The molecule has 1 aliphatic rings. The topological polar surface area (TPSA) is 95.7 Å². The minimum atomic E-state index is -0.762. The molecule has 0 aliphatic carbocycles. The molecule has 6 heteroatoms. The van der Waals surface area contributed by atoms with Gasteiger partial charge in [-0.15, -0.1) is 0 Å². The molecule has 104 valence electrons. The lowest BCUT2D eigenvalue weighted by Gasteiger charge is -2.37. The second-order valence-electron chi connectivity index (χ2n) is 4.98. The van der Waals surface area contributed by atoms with E-state index in [0.717, 1.165) is 26.1 Å². The molecule has 1 heterocycles. The monoisotopic (exact) mass is 257 g/mol. The Bertz CT molecular complexity index is 296. The molecule has 0 spiro atoms. The van der Waals surface area contributed by atoms with Gasteiger partial charge in [-0.25, -0.2) is 0 Å². The Morgan fingerprint density at radius 3 is 2.72 bits per heavy atom. The second kappa shape index (κ2) is 7.33. The number of aliphatic carboxylic acids is 1. The van der Waals surface area contributed by atoms with Crippen LogP contribution in [0.25, 0.3) is 0 Å². The van der Waals surface area contributed by atoms with Gasteiger partial charge in [-0.3, -0.25) is 14.5 Å². The first-order chi connectivity index (χ1) is 8.51. The highest BCUT2D eigenvalue weighted by molar-refractivity contribution is 5.73. The second-order valence-corrected chi connectivity index (χ2v) is 4.98. The Kier molecular flexibility index (Phi) is 6.07. The van der Waals surface area contributed by atoms with Gasteiger partial charge in [-0.1, -0.05) is 0 Å². The lowest BCUT2D eigenvalue weighted by molar-refractivity contribution is -0.137. The van der Waals surface area contributed by atoms with E-state index in [0.29, 0.717) is 18.9 Å². The summed E-state index contributed by atoms with van der Waals surface area (Å²) in [7, 11) is 0. The van der Waals surface area contributed by atoms with Crippen molar-refractivity contribution in [3.63, 3.8) is 0 Å². The maximum absolute atomic E-state index is 11.1. The predicted octanol–water partition coefficient (Wildman–Crippen LogP) is -0.363. The molecular formula is C12H23N3O3. The Balaban J connectivity index is 2.50. The van der Waals surface area contributed by atoms with Gasteiger partial charge in [0.1, 0.15) is 0 Å². The predicted molar refractivity (Wildman–Crippen MR) is 68.1 cm³/mol. The summed E-state index contributed by atoms with van der Waals surface area (Å²) in [6, 6.07) is 0.113. The van der Waals surface area contributed by atoms with E-state index < -0.39 is 5.97 Å². The van der Waals surface area contributed by atoms with Crippen LogP contribution >= 0.6 is 0 Å². The van der Waals surface area contributed by atoms with Crippen LogP contribution in [0.4, 0.5) is 0 Å². The summed E-state index contributed by atoms with van der Waals surface area (Å²) in [5.41, 5.74) is 5.55. The molecule has 18 heavy (non-hydrogen) atoms. The zero-order valence-corrected chi connectivity index (χ0v) is 10.9. The number of nitrogens with zero attached hydrogens (tertiary/aromatic N) is 1. The smallest absolute Gasteiger partial charge is 0.303 e. The molecule has 1 saturated heterocycles. The van der Waals surface area contributed by atoms with Gasteiger partial charge in [0.15, 0.2) is 0 Å². The molecule has 2 atom stereocenters. The summed E-state index contributed by atoms with van der Waals surface area (Å²) in [5, 5.41) is 11.6. The van der Waals surface area contributed by atoms with Crippen LogP contribution < -0.4 is 11.1 Å². The maximum atomic E-state index is 11.1. The molecule has 0 aromatic rings. The highest BCUT2D eigenvalue weighted by atomic mass is 16.4. The summed E-state index contributed by atoms with van der Waals surface area (Å²) in [6.07, 6.45) is 1.70. The van der Waals surface area contributed by atoms with Crippen LogP contribution in [-0.2, 0) is 9.59 Å².